The van der Waals surface area contributed by atoms with Crippen LogP contribution in [0.25, 0.3) is 33.3 Å². The van der Waals surface area contributed by atoms with E-state index >= 15 is 0 Å². The van der Waals surface area contributed by atoms with Gasteiger partial charge in [0.25, 0.3) is 0 Å². The Balaban J connectivity index is 1.61. The van der Waals surface area contributed by atoms with Crippen molar-refractivity contribution in [2.24, 2.45) is 5.73 Å². The predicted molar refractivity (Wildman–Crippen MR) is 116 cm³/mol. The molecule has 142 valence electrons. The van der Waals surface area contributed by atoms with Gasteiger partial charge in [-0.05, 0) is 47.0 Å². The highest BCUT2D eigenvalue weighted by atomic mass is 16.5. The minimum atomic E-state index is 0.658. The third kappa shape index (κ3) is 3.79. The summed E-state index contributed by atoms with van der Waals surface area (Å²) in [6, 6.07) is 25.5. The molecule has 4 rings (SSSR count). The number of nitrogens with two attached hydrogens (primary N) is 1. The predicted octanol–water partition coefficient (Wildman–Crippen LogP) is 4.56. The van der Waals surface area contributed by atoms with Gasteiger partial charge >= 0.3 is 0 Å². The molecule has 0 radical (unpaired) electrons. The summed E-state index contributed by atoms with van der Waals surface area (Å²) in [5, 5.41) is 4.51. The molecule has 0 amide bonds. The van der Waals surface area contributed by atoms with E-state index in [-0.39, 0.29) is 0 Å². The van der Waals surface area contributed by atoms with Gasteiger partial charge in [-0.3, -0.25) is 0 Å². The molecule has 0 fully saturated rings. The van der Waals surface area contributed by atoms with E-state index in [9.17, 15) is 0 Å². The minimum Gasteiger partial charge on any atom is -0.496 e. The van der Waals surface area contributed by atoms with E-state index in [0.717, 1.165) is 35.6 Å². The number of methoxy groups -OCH3 is 1. The van der Waals surface area contributed by atoms with Gasteiger partial charge in [-0.1, -0.05) is 42.5 Å². The number of benzene rings is 3. The molecule has 0 saturated heterocycles. The Morgan fingerprint density at radius 1 is 0.929 bits per heavy atom. The number of hydrogen-bond acceptors (Lipinski definition) is 3. The van der Waals surface area contributed by atoms with Crippen LogP contribution in [0.4, 0.5) is 0 Å². The summed E-state index contributed by atoms with van der Waals surface area (Å²) in [7, 11) is 1.70. The van der Waals surface area contributed by atoms with E-state index in [2.05, 4.69) is 64.9 Å². The lowest BCUT2D eigenvalue weighted by Gasteiger charge is -2.06. The van der Waals surface area contributed by atoms with Crippen molar-refractivity contribution >= 4 is 10.9 Å². The molecule has 0 bridgehead atoms. The molecule has 4 heteroatoms. The summed E-state index contributed by atoms with van der Waals surface area (Å²) < 4.78 is 5.50. The van der Waals surface area contributed by atoms with Crippen molar-refractivity contribution in [1.29, 1.82) is 0 Å². The molecule has 0 aliphatic rings. The Morgan fingerprint density at radius 2 is 1.71 bits per heavy atom. The second-order valence-electron chi connectivity index (χ2n) is 6.85. The summed E-state index contributed by atoms with van der Waals surface area (Å²) >= 11 is 0. The first-order valence-electron chi connectivity index (χ1n) is 9.55. The molecule has 0 atom stereocenters. The number of aromatic nitrogens is 1. The van der Waals surface area contributed by atoms with Crippen molar-refractivity contribution < 1.29 is 4.74 Å². The maximum Gasteiger partial charge on any atom is 0.128 e. The maximum absolute atomic E-state index is 5.52. The van der Waals surface area contributed by atoms with E-state index < -0.39 is 0 Å². The van der Waals surface area contributed by atoms with Crippen molar-refractivity contribution in [1.82, 2.24) is 10.3 Å². The number of para-hydroxylation sites is 1. The molecule has 4 aromatic rings. The lowest BCUT2D eigenvalue weighted by molar-refractivity contribution is 0.416. The first kappa shape index (κ1) is 18.3. The summed E-state index contributed by atoms with van der Waals surface area (Å²) in [5.74, 6) is 0.869. The van der Waals surface area contributed by atoms with Gasteiger partial charge in [0.15, 0.2) is 0 Å². The van der Waals surface area contributed by atoms with Crippen LogP contribution < -0.4 is 15.8 Å². The number of nitrogens with one attached hydrogen (secondary N) is 2. The summed E-state index contributed by atoms with van der Waals surface area (Å²) in [6.07, 6.45) is 0. The normalized spacial score (nSPS) is 11.1. The fourth-order valence-electron chi connectivity index (χ4n) is 3.47. The molecule has 4 nitrogen and oxygen atoms in total. The lowest BCUT2D eigenvalue weighted by atomic mass is 10.0. The van der Waals surface area contributed by atoms with Gasteiger partial charge in [0.05, 0.1) is 12.8 Å². The molecule has 1 aromatic heterocycles. The highest BCUT2D eigenvalue weighted by Gasteiger charge is 2.09. The Kier molecular flexibility index (Phi) is 5.42. The van der Waals surface area contributed by atoms with Crippen LogP contribution in [0.2, 0.25) is 0 Å². The maximum atomic E-state index is 5.52. The Morgan fingerprint density at radius 3 is 2.50 bits per heavy atom. The second-order valence-corrected chi connectivity index (χ2v) is 6.85. The Labute approximate surface area is 165 Å². The van der Waals surface area contributed by atoms with Gasteiger partial charge in [0.2, 0.25) is 0 Å². The van der Waals surface area contributed by atoms with Gasteiger partial charge < -0.3 is 20.8 Å². The molecule has 0 unspecified atom stereocenters. The topological polar surface area (TPSA) is 63.1 Å². The van der Waals surface area contributed by atoms with Crippen LogP contribution in [0.15, 0.2) is 72.8 Å². The van der Waals surface area contributed by atoms with E-state index in [0.29, 0.717) is 6.54 Å². The van der Waals surface area contributed by atoms with Crippen LogP contribution in [0.1, 0.15) is 5.56 Å². The standard InChI is InChI=1S/C24H25N3O/c1-28-24-5-3-2-4-21(24)23-15-20-14-19(10-11-22(20)27-23)18-8-6-17(7-9-18)16-26-13-12-25/h2-11,14-15,26-27H,12-13,16,25H2,1H3. The summed E-state index contributed by atoms with van der Waals surface area (Å²) in [5.41, 5.74) is 12.4. The van der Waals surface area contributed by atoms with Crippen LogP contribution in [0.3, 0.4) is 0 Å². The molecular formula is C24H25N3O. The molecule has 1 heterocycles. The second kappa shape index (κ2) is 8.30. The molecular weight excluding hydrogens is 346 g/mol. The largest absolute Gasteiger partial charge is 0.496 e. The molecule has 0 aliphatic carbocycles. The van der Waals surface area contributed by atoms with Crippen LogP contribution in [-0.4, -0.2) is 25.2 Å². The van der Waals surface area contributed by atoms with E-state index in [4.69, 9.17) is 10.5 Å². The number of hydrogen-bond donors (Lipinski definition) is 3. The number of rotatable bonds is 7. The SMILES string of the molecule is COc1ccccc1-c1cc2cc(-c3ccc(CNCCN)cc3)ccc2[nH]1. The Bertz CT molecular complexity index is 1070. The zero-order valence-electron chi connectivity index (χ0n) is 16.0. The summed E-state index contributed by atoms with van der Waals surface area (Å²) in [4.78, 5) is 3.50. The molecule has 0 saturated carbocycles. The molecule has 4 N–H and O–H groups in total. The van der Waals surface area contributed by atoms with Gasteiger partial charge in [-0.15, -0.1) is 0 Å². The lowest BCUT2D eigenvalue weighted by Crippen LogP contribution is -2.21. The Hall–Kier alpha value is -3.08. The smallest absolute Gasteiger partial charge is 0.128 e. The van der Waals surface area contributed by atoms with Crippen molar-refractivity contribution in [2.75, 3.05) is 20.2 Å². The van der Waals surface area contributed by atoms with E-state index in [1.54, 1.807) is 7.11 Å². The van der Waals surface area contributed by atoms with Crippen molar-refractivity contribution in [3.05, 3.63) is 78.4 Å². The fourth-order valence-corrected chi connectivity index (χ4v) is 3.47. The number of fused-ring (bicyclic) bond motifs is 1. The highest BCUT2D eigenvalue weighted by molar-refractivity contribution is 5.90. The average molecular weight is 371 g/mol. The van der Waals surface area contributed by atoms with E-state index in [1.807, 2.05) is 18.2 Å². The molecule has 0 aliphatic heterocycles. The highest BCUT2D eigenvalue weighted by Crippen LogP contribution is 2.33. The first-order chi connectivity index (χ1) is 13.8. The summed E-state index contributed by atoms with van der Waals surface area (Å²) in [6.45, 7) is 2.34. The van der Waals surface area contributed by atoms with Gasteiger partial charge in [0, 0.05) is 36.1 Å². The van der Waals surface area contributed by atoms with Gasteiger partial charge in [-0.25, -0.2) is 0 Å². The van der Waals surface area contributed by atoms with Crippen LogP contribution in [0, 0.1) is 0 Å². The van der Waals surface area contributed by atoms with Gasteiger partial charge in [0.1, 0.15) is 5.75 Å². The zero-order valence-corrected chi connectivity index (χ0v) is 16.0. The van der Waals surface area contributed by atoms with Crippen LogP contribution >= 0.6 is 0 Å². The monoisotopic (exact) mass is 371 g/mol. The van der Waals surface area contributed by atoms with Crippen molar-refractivity contribution in [3.63, 3.8) is 0 Å². The van der Waals surface area contributed by atoms with Crippen molar-refractivity contribution in [2.45, 2.75) is 6.54 Å². The molecule has 0 spiro atoms. The molecule has 28 heavy (non-hydrogen) atoms. The van der Waals surface area contributed by atoms with Crippen molar-refractivity contribution in [3.8, 4) is 28.1 Å². The minimum absolute atomic E-state index is 0.658. The quantitative estimate of drug-likeness (QED) is 0.417. The fraction of sp³-hybridized carbons (Fsp3) is 0.167. The third-order valence-corrected chi connectivity index (χ3v) is 4.96. The van der Waals surface area contributed by atoms with Gasteiger partial charge in [-0.2, -0.15) is 0 Å². The number of aromatic amines is 1. The third-order valence-electron chi connectivity index (χ3n) is 4.96. The van der Waals surface area contributed by atoms with Crippen LogP contribution in [0.5, 0.6) is 5.75 Å². The number of H-pyrrole nitrogens is 1. The first-order valence-corrected chi connectivity index (χ1v) is 9.55. The van der Waals surface area contributed by atoms with Crippen LogP contribution in [-0.2, 0) is 6.54 Å². The zero-order chi connectivity index (χ0) is 19.3. The average Bonchev–Trinajstić information content (AvgIpc) is 3.17. The van der Waals surface area contributed by atoms with E-state index in [1.165, 1.54) is 22.1 Å². The molecule has 3 aromatic carbocycles. The number of ether oxygens (including phenoxy) is 1.